The van der Waals surface area contributed by atoms with Gasteiger partial charge in [0.25, 0.3) is 0 Å². The molecule has 1 heterocycles. The summed E-state index contributed by atoms with van der Waals surface area (Å²) in [6.07, 6.45) is 4.92. The van der Waals surface area contributed by atoms with Gasteiger partial charge in [0.05, 0.1) is 0 Å². The molecule has 0 amide bonds. The van der Waals surface area contributed by atoms with Gasteiger partial charge in [-0.25, -0.2) is 0 Å². The second-order valence-electron chi connectivity index (χ2n) is 4.95. The fraction of sp³-hybridized carbons (Fsp3) is 0.600. The molecule has 1 aliphatic heterocycles. The maximum absolute atomic E-state index is 6.08. The smallest absolute Gasteiger partial charge is 0.124 e. The first-order valence-corrected chi connectivity index (χ1v) is 7.73. The van der Waals surface area contributed by atoms with Crippen molar-refractivity contribution in [3.63, 3.8) is 0 Å². The van der Waals surface area contributed by atoms with Crippen molar-refractivity contribution in [1.29, 1.82) is 0 Å². The molecule has 2 rings (SSSR count). The monoisotopic (exact) mass is 311 g/mol. The number of benzene rings is 1. The number of halogens is 1. The third kappa shape index (κ3) is 3.27. The van der Waals surface area contributed by atoms with E-state index in [0.717, 1.165) is 29.6 Å². The molecule has 0 fully saturated rings. The lowest BCUT2D eigenvalue weighted by Crippen LogP contribution is -2.33. The van der Waals surface area contributed by atoms with Gasteiger partial charge in [0.1, 0.15) is 11.9 Å². The lowest BCUT2D eigenvalue weighted by molar-refractivity contribution is 0.140. The number of hydrogen-bond donors (Lipinski definition) is 1. The summed E-state index contributed by atoms with van der Waals surface area (Å²) in [5, 5.41) is 3.64. The molecular formula is C15H22BrNO. The van der Waals surface area contributed by atoms with Crippen molar-refractivity contribution in [2.45, 2.75) is 51.7 Å². The Morgan fingerprint density at radius 3 is 2.89 bits per heavy atom. The van der Waals surface area contributed by atoms with E-state index in [1.165, 1.54) is 18.4 Å². The van der Waals surface area contributed by atoms with Gasteiger partial charge in [-0.2, -0.15) is 0 Å². The molecule has 2 nitrogen and oxygen atoms in total. The van der Waals surface area contributed by atoms with E-state index < -0.39 is 0 Å². The zero-order chi connectivity index (χ0) is 13.0. The molecule has 2 unspecified atom stereocenters. The number of nitrogens with one attached hydrogen (secondary N) is 1. The largest absolute Gasteiger partial charge is 0.490 e. The van der Waals surface area contributed by atoms with Crippen molar-refractivity contribution in [3.05, 3.63) is 28.2 Å². The van der Waals surface area contributed by atoms with Gasteiger partial charge in [0.2, 0.25) is 0 Å². The molecule has 0 spiro atoms. The number of rotatable bonds is 5. The van der Waals surface area contributed by atoms with Crippen LogP contribution in [0.25, 0.3) is 0 Å². The highest BCUT2D eigenvalue weighted by Crippen LogP contribution is 2.37. The van der Waals surface area contributed by atoms with E-state index in [1.54, 1.807) is 0 Å². The van der Waals surface area contributed by atoms with Gasteiger partial charge >= 0.3 is 0 Å². The summed E-state index contributed by atoms with van der Waals surface area (Å²) in [7, 11) is 0. The Balaban J connectivity index is 2.20. The second-order valence-corrected chi connectivity index (χ2v) is 5.87. The molecular weight excluding hydrogens is 290 g/mol. The van der Waals surface area contributed by atoms with Crippen LogP contribution in [-0.2, 0) is 0 Å². The van der Waals surface area contributed by atoms with E-state index in [1.807, 2.05) is 0 Å². The van der Waals surface area contributed by atoms with Crippen LogP contribution in [-0.4, -0.2) is 12.6 Å². The minimum Gasteiger partial charge on any atom is -0.490 e. The lowest BCUT2D eigenvalue weighted by atomic mass is 9.94. The molecule has 0 radical (unpaired) electrons. The second kappa shape index (κ2) is 6.58. The highest BCUT2D eigenvalue weighted by atomic mass is 79.9. The minimum absolute atomic E-state index is 0.359. The van der Waals surface area contributed by atoms with E-state index in [-0.39, 0.29) is 0 Å². The summed E-state index contributed by atoms with van der Waals surface area (Å²) in [6.45, 7) is 5.49. The van der Waals surface area contributed by atoms with Gasteiger partial charge in [-0.1, -0.05) is 36.2 Å². The third-order valence-electron chi connectivity index (χ3n) is 3.39. The Kier molecular flexibility index (Phi) is 5.07. The first-order chi connectivity index (χ1) is 8.74. The number of hydrogen-bond acceptors (Lipinski definition) is 2. The van der Waals surface area contributed by atoms with Crippen molar-refractivity contribution in [2.24, 2.45) is 0 Å². The van der Waals surface area contributed by atoms with E-state index >= 15 is 0 Å². The van der Waals surface area contributed by atoms with Crippen LogP contribution in [0.15, 0.2) is 22.7 Å². The average Bonchev–Trinajstić information content (AvgIpc) is 2.37. The zero-order valence-corrected chi connectivity index (χ0v) is 12.8. The molecule has 1 aromatic rings. The molecule has 0 saturated carbocycles. The van der Waals surface area contributed by atoms with Gasteiger partial charge in [-0.3, -0.25) is 0 Å². The highest BCUT2D eigenvalue weighted by molar-refractivity contribution is 9.10. The van der Waals surface area contributed by atoms with Crippen molar-refractivity contribution in [3.8, 4) is 5.75 Å². The molecule has 1 aromatic carbocycles. The van der Waals surface area contributed by atoms with E-state index in [9.17, 15) is 0 Å². The molecule has 3 heteroatoms. The fourth-order valence-corrected chi connectivity index (χ4v) is 2.91. The van der Waals surface area contributed by atoms with Crippen LogP contribution in [0, 0.1) is 0 Å². The fourth-order valence-electron chi connectivity index (χ4n) is 2.53. The van der Waals surface area contributed by atoms with E-state index in [2.05, 4.69) is 53.3 Å². The molecule has 18 heavy (non-hydrogen) atoms. The van der Waals surface area contributed by atoms with Gasteiger partial charge in [0.15, 0.2) is 0 Å². The molecule has 0 aliphatic carbocycles. The van der Waals surface area contributed by atoms with Gasteiger partial charge < -0.3 is 10.1 Å². The normalized spacial score (nSPS) is 22.4. The molecule has 100 valence electrons. The van der Waals surface area contributed by atoms with Crippen LogP contribution in [0.2, 0.25) is 0 Å². The van der Waals surface area contributed by atoms with E-state index in [0.29, 0.717) is 12.1 Å². The predicted octanol–water partition coefficient (Wildman–Crippen LogP) is 4.44. The van der Waals surface area contributed by atoms with Crippen LogP contribution in [0.5, 0.6) is 5.75 Å². The molecule has 0 saturated heterocycles. The Morgan fingerprint density at radius 2 is 2.17 bits per heavy atom. The van der Waals surface area contributed by atoms with Crippen LogP contribution < -0.4 is 10.1 Å². The minimum atomic E-state index is 0.359. The van der Waals surface area contributed by atoms with Crippen molar-refractivity contribution in [2.75, 3.05) is 6.54 Å². The van der Waals surface area contributed by atoms with Crippen LogP contribution in [0.1, 0.15) is 51.1 Å². The maximum Gasteiger partial charge on any atom is 0.124 e. The quantitative estimate of drug-likeness (QED) is 0.868. The Bertz CT molecular complexity index is 394. The van der Waals surface area contributed by atoms with Gasteiger partial charge in [0, 0.05) is 22.5 Å². The molecule has 0 bridgehead atoms. The Labute approximate surface area is 118 Å². The Hall–Kier alpha value is -0.540. The summed E-state index contributed by atoms with van der Waals surface area (Å²) >= 11 is 3.55. The molecule has 0 aromatic heterocycles. The summed E-state index contributed by atoms with van der Waals surface area (Å²) in [4.78, 5) is 0. The average molecular weight is 312 g/mol. The molecule has 1 aliphatic rings. The van der Waals surface area contributed by atoms with Crippen LogP contribution >= 0.6 is 15.9 Å². The SMILES string of the molecule is CCCNC1CC(CCC)Oc2ccc(Br)cc21. The van der Waals surface area contributed by atoms with Crippen LogP contribution in [0.3, 0.4) is 0 Å². The maximum atomic E-state index is 6.08. The topological polar surface area (TPSA) is 21.3 Å². The molecule has 1 N–H and O–H groups in total. The summed E-state index contributed by atoms with van der Waals surface area (Å²) < 4.78 is 7.20. The van der Waals surface area contributed by atoms with Crippen molar-refractivity contribution < 1.29 is 4.74 Å². The lowest BCUT2D eigenvalue weighted by Gasteiger charge is -2.33. The predicted molar refractivity (Wildman–Crippen MR) is 79.1 cm³/mol. The zero-order valence-electron chi connectivity index (χ0n) is 11.2. The summed E-state index contributed by atoms with van der Waals surface area (Å²) in [6, 6.07) is 6.76. The third-order valence-corrected chi connectivity index (χ3v) is 3.88. The Morgan fingerprint density at radius 1 is 1.33 bits per heavy atom. The first-order valence-electron chi connectivity index (χ1n) is 6.94. The standard InChI is InChI=1S/C15H22BrNO/c1-3-5-12-10-14(17-8-4-2)13-9-11(16)6-7-15(13)18-12/h6-7,9,12,14,17H,3-5,8,10H2,1-2H3. The summed E-state index contributed by atoms with van der Waals surface area (Å²) in [5.41, 5.74) is 1.30. The van der Waals surface area contributed by atoms with Crippen LogP contribution in [0.4, 0.5) is 0 Å². The highest BCUT2D eigenvalue weighted by Gasteiger charge is 2.27. The van der Waals surface area contributed by atoms with E-state index in [4.69, 9.17) is 4.74 Å². The van der Waals surface area contributed by atoms with Gasteiger partial charge in [-0.05, 0) is 37.6 Å². The van der Waals surface area contributed by atoms with Crippen molar-refractivity contribution >= 4 is 15.9 Å². The number of ether oxygens (including phenoxy) is 1. The van der Waals surface area contributed by atoms with Crippen molar-refractivity contribution in [1.82, 2.24) is 5.32 Å². The molecule has 2 atom stereocenters. The number of fused-ring (bicyclic) bond motifs is 1. The summed E-state index contributed by atoms with van der Waals surface area (Å²) in [5.74, 6) is 1.05. The first kappa shape index (κ1) is 13.9. The van der Waals surface area contributed by atoms with Gasteiger partial charge in [-0.15, -0.1) is 0 Å².